The van der Waals surface area contributed by atoms with Crippen LogP contribution in [0.25, 0.3) is 72.3 Å². The standard InChI is InChI=1S/C28H22Se2.C26H16Se2.CHCl3.I2/c1-29-27-19-25(21-9-5-3-6-10-21)17-15-23(27)13-14-24-16-18-26(20-28(24)30-2)22-11-7-4-8-12-22;1-3-7-17(8-4-1)19-11-13-21-23(15-19)27-26-22-14-12-20(16-24(22)28-25(21)26)18-9-5-2-6-10-18;2-1(3)4;1-2/h3-12,15-20H,1-2H3;1-16H;1H;. The van der Waals surface area contributed by atoms with E-state index in [0.29, 0.717) is 58.9 Å². The van der Waals surface area contributed by atoms with Crippen LogP contribution in [0, 0.1) is 11.8 Å². The van der Waals surface area contributed by atoms with E-state index in [0.717, 1.165) is 11.1 Å². The van der Waals surface area contributed by atoms with Crippen molar-refractivity contribution in [3.05, 3.63) is 205 Å². The van der Waals surface area contributed by atoms with Crippen molar-refractivity contribution in [3.8, 4) is 56.3 Å². The third-order valence-corrected chi connectivity index (χ3v) is 19.1. The monoisotopic (exact) mass is 1380 g/mol. The molecule has 8 aromatic carbocycles. The Morgan fingerprint density at radius 3 is 0.969 bits per heavy atom. The molecule has 0 aliphatic heterocycles. The summed E-state index contributed by atoms with van der Waals surface area (Å²) in [6, 6.07) is 70.2. The molecule has 0 spiro atoms. The van der Waals surface area contributed by atoms with Crippen molar-refractivity contribution in [1.29, 1.82) is 0 Å². The van der Waals surface area contributed by atoms with Crippen molar-refractivity contribution in [2.75, 3.05) is 0 Å². The summed E-state index contributed by atoms with van der Waals surface area (Å²) in [5, 5.41) is 3.01. The summed E-state index contributed by atoms with van der Waals surface area (Å²) in [5.41, 5.74) is 12.7. The molecule has 0 aliphatic carbocycles. The molecule has 0 N–H and O–H groups in total. The predicted octanol–water partition coefficient (Wildman–Crippen LogP) is 15.5. The third-order valence-electron chi connectivity index (χ3n) is 10.2. The molecule has 9 heteroatoms. The number of fused-ring (bicyclic) bond motifs is 5. The average Bonchev–Trinajstić information content (AvgIpc) is 3.90. The van der Waals surface area contributed by atoms with E-state index in [4.69, 9.17) is 34.8 Å². The van der Waals surface area contributed by atoms with Crippen LogP contribution in [0.3, 0.4) is 0 Å². The summed E-state index contributed by atoms with van der Waals surface area (Å²) in [6.07, 6.45) is 0. The minimum absolute atomic E-state index is 0.392. The summed E-state index contributed by atoms with van der Waals surface area (Å²) < 4.78 is 8.34. The average molecular weight is 1380 g/mol. The Morgan fingerprint density at radius 2 is 0.672 bits per heavy atom. The molecule has 10 aromatic rings. The maximum atomic E-state index is 4.81. The van der Waals surface area contributed by atoms with E-state index in [1.807, 2.05) is 0 Å². The van der Waals surface area contributed by atoms with E-state index in [-0.39, 0.29) is 0 Å². The molecule has 64 heavy (non-hydrogen) atoms. The van der Waals surface area contributed by atoms with Crippen molar-refractivity contribution in [3.63, 3.8) is 0 Å². The first-order valence-corrected chi connectivity index (χ1v) is 36.1. The van der Waals surface area contributed by atoms with Gasteiger partial charge in [0.1, 0.15) is 0 Å². The van der Waals surface area contributed by atoms with Gasteiger partial charge >= 0.3 is 369 Å². The Morgan fingerprint density at radius 1 is 0.391 bits per heavy atom. The van der Waals surface area contributed by atoms with E-state index in [2.05, 4.69) is 255 Å². The number of rotatable bonds is 6. The molecular formula is C55H39Cl3I2Se4. The van der Waals surface area contributed by atoms with Gasteiger partial charge in [-0.2, -0.15) is 0 Å². The summed E-state index contributed by atoms with van der Waals surface area (Å²) in [6.45, 7) is 0. The van der Waals surface area contributed by atoms with Crippen molar-refractivity contribution >= 4 is 168 Å². The number of hydrogen-bond acceptors (Lipinski definition) is 0. The Hall–Kier alpha value is -2.53. The molecule has 0 saturated carbocycles. The van der Waals surface area contributed by atoms with E-state index in [1.165, 1.54) is 64.2 Å². The van der Waals surface area contributed by atoms with Crippen LogP contribution in [0.15, 0.2) is 194 Å². The van der Waals surface area contributed by atoms with Crippen molar-refractivity contribution in [2.45, 2.75) is 15.9 Å². The van der Waals surface area contributed by atoms with E-state index in [1.54, 1.807) is 17.0 Å². The second-order valence-corrected chi connectivity index (χ2v) is 24.0. The van der Waals surface area contributed by atoms with Crippen molar-refractivity contribution in [2.24, 2.45) is 0 Å². The summed E-state index contributed by atoms with van der Waals surface area (Å²) >= 11 is 20.3. The first-order chi connectivity index (χ1) is 31.4. The zero-order valence-electron chi connectivity index (χ0n) is 34.6. The van der Waals surface area contributed by atoms with Gasteiger partial charge in [-0.05, 0) is 0 Å². The van der Waals surface area contributed by atoms with Gasteiger partial charge in [0.05, 0.1) is 0 Å². The first-order valence-electron chi connectivity index (χ1n) is 19.9. The molecule has 0 radical (unpaired) electrons. The van der Waals surface area contributed by atoms with Gasteiger partial charge < -0.3 is 0 Å². The summed E-state index contributed by atoms with van der Waals surface area (Å²) in [7, 11) is 0. The van der Waals surface area contributed by atoms with Gasteiger partial charge in [0.25, 0.3) is 0 Å². The molecule has 0 saturated heterocycles. The Balaban J connectivity index is 0.000000171. The van der Waals surface area contributed by atoms with Crippen LogP contribution in [-0.4, -0.2) is 63.2 Å². The fourth-order valence-corrected chi connectivity index (χ4v) is 16.2. The SMILES string of the molecule is C[Se]c1cc(-c2ccccc2)ccc1C#Cc1ccc(-c2ccccc2)cc1[Se]C.ClC(Cl)Cl.II.c1ccc(-c2ccc3c(c2)[se]c2c4ccc(-c5ccccc5)cc4[se]c32)cc1. The molecule has 0 nitrogen and oxygen atoms in total. The Bertz CT molecular complexity index is 2930. The first kappa shape index (κ1) is 49.4. The molecule has 0 aliphatic rings. The quantitative estimate of drug-likeness (QED) is 0.0674. The van der Waals surface area contributed by atoms with Gasteiger partial charge in [-0.1, -0.05) is 34.8 Å². The second-order valence-electron chi connectivity index (χ2n) is 14.1. The molecular weight excluding hydrogens is 1340 g/mol. The van der Waals surface area contributed by atoms with Crippen LogP contribution in [0.4, 0.5) is 0 Å². The molecule has 2 heterocycles. The number of alkyl halides is 3. The Labute approximate surface area is 439 Å². The topological polar surface area (TPSA) is 0 Å². The fourth-order valence-electron chi connectivity index (χ4n) is 7.22. The van der Waals surface area contributed by atoms with Gasteiger partial charge in [0.2, 0.25) is 0 Å². The van der Waals surface area contributed by atoms with Crippen LogP contribution in [0.1, 0.15) is 11.1 Å². The molecule has 0 bridgehead atoms. The van der Waals surface area contributed by atoms with Gasteiger partial charge in [-0.15, -0.1) is 0 Å². The van der Waals surface area contributed by atoms with Gasteiger partial charge in [-0.25, -0.2) is 0 Å². The Kier molecular flexibility index (Phi) is 19.3. The van der Waals surface area contributed by atoms with Crippen LogP contribution >= 0.6 is 72.0 Å². The van der Waals surface area contributed by atoms with Crippen LogP contribution in [0.5, 0.6) is 0 Å². The summed E-state index contributed by atoms with van der Waals surface area (Å²) in [4.78, 5) is 0. The molecule has 10 rings (SSSR count). The maximum absolute atomic E-state index is 4.81. The predicted molar refractivity (Wildman–Crippen MR) is 305 cm³/mol. The van der Waals surface area contributed by atoms with Crippen LogP contribution in [-0.2, 0) is 0 Å². The molecule has 0 fully saturated rings. The van der Waals surface area contributed by atoms with Crippen molar-refractivity contribution in [1.82, 2.24) is 0 Å². The molecule has 0 unspecified atom stereocenters. The molecule has 0 atom stereocenters. The third kappa shape index (κ3) is 12.7. The van der Waals surface area contributed by atoms with Crippen molar-refractivity contribution < 1.29 is 0 Å². The minimum atomic E-state index is -0.750. The second kappa shape index (κ2) is 25.0. The summed E-state index contributed by atoms with van der Waals surface area (Å²) in [5.74, 6) is 11.5. The number of benzene rings is 8. The van der Waals surface area contributed by atoms with Gasteiger partial charge in [-0.3, -0.25) is 0 Å². The van der Waals surface area contributed by atoms with Crippen LogP contribution < -0.4 is 8.92 Å². The van der Waals surface area contributed by atoms with E-state index in [9.17, 15) is 0 Å². The normalized spacial score (nSPS) is 10.6. The van der Waals surface area contributed by atoms with E-state index < -0.39 is 4.30 Å². The van der Waals surface area contributed by atoms with Gasteiger partial charge in [0, 0.05) is 37.2 Å². The zero-order valence-corrected chi connectivity index (χ0v) is 48.0. The molecule has 0 amide bonds. The zero-order chi connectivity index (χ0) is 44.8. The fraction of sp³-hybridized carbons (Fsp3) is 0.0545. The number of halogens is 5. The van der Waals surface area contributed by atoms with Gasteiger partial charge in [0.15, 0.2) is 4.30 Å². The molecule has 2 aromatic heterocycles. The van der Waals surface area contributed by atoms with Crippen LogP contribution in [0.2, 0.25) is 11.6 Å². The molecule has 318 valence electrons. The van der Waals surface area contributed by atoms with E-state index >= 15 is 0 Å². The number of hydrogen-bond donors (Lipinski definition) is 0.